The number of alkyl halides is 3. The lowest BCUT2D eigenvalue weighted by atomic mass is 9.83. The smallest absolute Gasteiger partial charge is 0.393 e. The maximum absolute atomic E-state index is 13.2. The number of aliphatic hydroxyl groups excluding tert-OH is 1. The highest BCUT2D eigenvalue weighted by Crippen LogP contribution is 2.39. The molecule has 4 rings (SSSR count). The molecule has 31 heavy (non-hydrogen) atoms. The second kappa shape index (κ2) is 8.30. The molecule has 1 saturated carbocycles. The van der Waals surface area contributed by atoms with Crippen LogP contribution in [0, 0.1) is 17.2 Å². The molecule has 0 saturated heterocycles. The van der Waals surface area contributed by atoms with Crippen molar-refractivity contribution in [2.24, 2.45) is 5.92 Å². The summed E-state index contributed by atoms with van der Waals surface area (Å²) in [6.07, 6.45) is 0.760. The molecule has 7 nitrogen and oxygen atoms in total. The zero-order valence-electron chi connectivity index (χ0n) is 16.9. The molecule has 2 aliphatic rings. The molecule has 2 aromatic rings. The van der Waals surface area contributed by atoms with Crippen LogP contribution in [-0.4, -0.2) is 38.7 Å². The average Bonchev–Trinajstić information content (AvgIpc) is 3.16. The van der Waals surface area contributed by atoms with Crippen LogP contribution in [0.5, 0.6) is 0 Å². The van der Waals surface area contributed by atoms with Crippen LogP contribution in [0.1, 0.15) is 60.9 Å². The van der Waals surface area contributed by atoms with Crippen LogP contribution in [0.3, 0.4) is 0 Å². The van der Waals surface area contributed by atoms with Gasteiger partial charge in [0.25, 0.3) is 0 Å². The van der Waals surface area contributed by atoms with E-state index in [0.29, 0.717) is 35.5 Å². The number of aromatic nitrogens is 3. The molecular formula is C21H23F3N6O. The topological polar surface area (TPSA) is 107 Å². The average molecular weight is 432 g/mol. The van der Waals surface area contributed by atoms with E-state index in [1.54, 1.807) is 0 Å². The first-order valence-corrected chi connectivity index (χ1v) is 10.3. The van der Waals surface area contributed by atoms with E-state index in [2.05, 4.69) is 25.6 Å². The van der Waals surface area contributed by atoms with Crippen molar-refractivity contribution in [2.75, 3.05) is 17.2 Å². The highest BCUT2D eigenvalue weighted by atomic mass is 19.4. The molecule has 2 atom stereocenters. The molecule has 0 amide bonds. The zero-order chi connectivity index (χ0) is 22.2. The predicted octanol–water partition coefficient (Wildman–Crippen LogP) is 3.67. The maximum Gasteiger partial charge on any atom is 0.417 e. The van der Waals surface area contributed by atoms with Crippen LogP contribution in [0.2, 0.25) is 0 Å². The van der Waals surface area contributed by atoms with Gasteiger partial charge in [-0.2, -0.15) is 18.4 Å². The summed E-state index contributed by atoms with van der Waals surface area (Å²) in [6.45, 7) is 2.32. The van der Waals surface area contributed by atoms with Gasteiger partial charge in [0, 0.05) is 30.3 Å². The lowest BCUT2D eigenvalue weighted by molar-refractivity contribution is -0.137. The van der Waals surface area contributed by atoms with E-state index in [-0.39, 0.29) is 17.7 Å². The highest BCUT2D eigenvalue weighted by Gasteiger charge is 2.36. The third-order valence-corrected chi connectivity index (χ3v) is 6.17. The fourth-order valence-electron chi connectivity index (χ4n) is 4.34. The van der Waals surface area contributed by atoms with Gasteiger partial charge in [0.05, 0.1) is 29.1 Å². The summed E-state index contributed by atoms with van der Waals surface area (Å²) in [5, 5.41) is 25.5. The highest BCUT2D eigenvalue weighted by molar-refractivity contribution is 5.58. The van der Waals surface area contributed by atoms with E-state index >= 15 is 0 Å². The van der Waals surface area contributed by atoms with E-state index in [0.717, 1.165) is 37.9 Å². The first kappa shape index (κ1) is 21.3. The summed E-state index contributed by atoms with van der Waals surface area (Å²) in [5.41, 5.74) is 0.124. The number of hydrogen-bond donors (Lipinski definition) is 3. The van der Waals surface area contributed by atoms with Crippen molar-refractivity contribution in [2.45, 2.75) is 56.8 Å². The van der Waals surface area contributed by atoms with Crippen molar-refractivity contribution in [3.05, 3.63) is 40.8 Å². The van der Waals surface area contributed by atoms with Crippen LogP contribution in [0.15, 0.2) is 18.5 Å². The number of fused-ring (bicyclic) bond motifs is 1. The Morgan fingerprint density at radius 1 is 1.23 bits per heavy atom. The van der Waals surface area contributed by atoms with Crippen molar-refractivity contribution in [3.63, 3.8) is 0 Å². The molecule has 1 aliphatic heterocycles. The molecule has 1 aliphatic carbocycles. The van der Waals surface area contributed by atoms with E-state index < -0.39 is 17.7 Å². The van der Waals surface area contributed by atoms with Gasteiger partial charge < -0.3 is 15.7 Å². The molecule has 10 heteroatoms. The molecule has 0 bridgehead atoms. The molecule has 1 fully saturated rings. The first-order valence-electron chi connectivity index (χ1n) is 10.3. The Bertz CT molecular complexity index is 998. The molecular weight excluding hydrogens is 409 g/mol. The Morgan fingerprint density at radius 3 is 2.65 bits per heavy atom. The summed E-state index contributed by atoms with van der Waals surface area (Å²) in [7, 11) is 0. The summed E-state index contributed by atoms with van der Waals surface area (Å²) in [6, 6.07) is 3.17. The number of hydrogen-bond acceptors (Lipinski definition) is 7. The van der Waals surface area contributed by atoms with Crippen molar-refractivity contribution in [3.8, 4) is 6.07 Å². The Labute approximate surface area is 177 Å². The summed E-state index contributed by atoms with van der Waals surface area (Å²) in [4.78, 5) is 12.7. The summed E-state index contributed by atoms with van der Waals surface area (Å²) >= 11 is 0. The van der Waals surface area contributed by atoms with E-state index in [1.165, 1.54) is 6.20 Å². The van der Waals surface area contributed by atoms with Crippen LogP contribution in [0.4, 0.5) is 24.9 Å². The van der Waals surface area contributed by atoms with E-state index in [9.17, 15) is 23.5 Å². The fraction of sp³-hybridized carbons (Fsp3) is 0.524. The predicted molar refractivity (Wildman–Crippen MR) is 107 cm³/mol. The summed E-state index contributed by atoms with van der Waals surface area (Å²) < 4.78 is 39.5. The van der Waals surface area contributed by atoms with Gasteiger partial charge in [-0.3, -0.25) is 0 Å². The van der Waals surface area contributed by atoms with Crippen molar-refractivity contribution in [1.82, 2.24) is 15.0 Å². The molecule has 2 aromatic heterocycles. The molecule has 3 heterocycles. The monoisotopic (exact) mass is 432 g/mol. The number of pyridine rings is 1. The van der Waals surface area contributed by atoms with Gasteiger partial charge in [0.15, 0.2) is 0 Å². The minimum atomic E-state index is -4.51. The summed E-state index contributed by atoms with van der Waals surface area (Å²) in [5.74, 6) is 0.520. The number of nitriles is 1. The first-order chi connectivity index (χ1) is 14.8. The normalized spacial score (nSPS) is 24.1. The SMILES string of the molecule is C[C@@H](Nc1ncc(C#N)c(C2CNc3ncc(C(F)(F)F)cc32)n1)[C@H]1CC[C@H](O)CC1. The second-order valence-corrected chi connectivity index (χ2v) is 8.20. The molecule has 1 unspecified atom stereocenters. The number of rotatable bonds is 4. The van der Waals surface area contributed by atoms with Crippen LogP contribution in [-0.2, 0) is 6.18 Å². The van der Waals surface area contributed by atoms with Crippen LogP contribution in [0.25, 0.3) is 0 Å². The Balaban J connectivity index is 1.61. The molecule has 164 valence electrons. The Hall–Kier alpha value is -2.93. The minimum absolute atomic E-state index is 0.0563. The Kier molecular flexibility index (Phi) is 5.71. The third kappa shape index (κ3) is 4.42. The number of aliphatic hydroxyl groups is 1. The second-order valence-electron chi connectivity index (χ2n) is 8.20. The van der Waals surface area contributed by atoms with Gasteiger partial charge in [0.1, 0.15) is 11.9 Å². The van der Waals surface area contributed by atoms with Gasteiger partial charge in [0.2, 0.25) is 5.95 Å². The van der Waals surface area contributed by atoms with Crippen molar-refractivity contribution in [1.29, 1.82) is 5.26 Å². The van der Waals surface area contributed by atoms with E-state index in [1.807, 2.05) is 13.0 Å². The fourth-order valence-corrected chi connectivity index (χ4v) is 4.34. The third-order valence-electron chi connectivity index (χ3n) is 6.17. The number of halogens is 3. The van der Waals surface area contributed by atoms with E-state index in [4.69, 9.17) is 0 Å². The molecule has 0 spiro atoms. The van der Waals surface area contributed by atoms with Crippen molar-refractivity contribution < 1.29 is 18.3 Å². The van der Waals surface area contributed by atoms with Gasteiger partial charge in [-0.05, 0) is 44.6 Å². The van der Waals surface area contributed by atoms with Gasteiger partial charge >= 0.3 is 6.18 Å². The minimum Gasteiger partial charge on any atom is -0.393 e. The lowest BCUT2D eigenvalue weighted by Crippen LogP contribution is -2.31. The van der Waals surface area contributed by atoms with Gasteiger partial charge in [-0.15, -0.1) is 0 Å². The lowest BCUT2D eigenvalue weighted by Gasteiger charge is -2.30. The molecule has 3 N–H and O–H groups in total. The van der Waals surface area contributed by atoms with Crippen LogP contribution >= 0.6 is 0 Å². The number of nitrogens with one attached hydrogen (secondary N) is 2. The largest absolute Gasteiger partial charge is 0.417 e. The van der Waals surface area contributed by atoms with Gasteiger partial charge in [-0.25, -0.2) is 15.0 Å². The number of anilines is 2. The van der Waals surface area contributed by atoms with Gasteiger partial charge in [-0.1, -0.05) is 0 Å². The standard InChI is InChI=1S/C21H23F3N6O/c1-11(12-2-4-15(31)5-3-12)29-20-28-8-13(7-25)18(30-20)17-10-27-19-16(17)6-14(9-26-19)21(22,23)24/h6,8-9,11-12,15,17,31H,2-5,10H2,1H3,(H,26,27)(H,28,29,30)/t11-,12-,15-,17?/m1/s1. The van der Waals surface area contributed by atoms with Crippen LogP contribution < -0.4 is 10.6 Å². The van der Waals surface area contributed by atoms with Crippen molar-refractivity contribution >= 4 is 11.8 Å². The maximum atomic E-state index is 13.2. The number of nitrogens with zero attached hydrogens (tertiary/aromatic N) is 4. The Morgan fingerprint density at radius 2 is 1.97 bits per heavy atom. The zero-order valence-corrected chi connectivity index (χ0v) is 16.9. The molecule has 0 radical (unpaired) electrons. The quantitative estimate of drug-likeness (QED) is 0.677. The molecule has 0 aromatic carbocycles.